The molecule has 3 N–H and O–H groups in total. The fourth-order valence-corrected chi connectivity index (χ4v) is 3.96. The third-order valence-corrected chi connectivity index (χ3v) is 5.07. The van der Waals surface area contributed by atoms with Crippen LogP contribution in [-0.4, -0.2) is 29.9 Å². The van der Waals surface area contributed by atoms with Gasteiger partial charge in [0.05, 0.1) is 0 Å². The molecular weight excluding hydrogens is 302 g/mol. The number of fused-ring (bicyclic) bond motifs is 3. The lowest BCUT2D eigenvalue weighted by molar-refractivity contribution is -0.114. The van der Waals surface area contributed by atoms with Crippen molar-refractivity contribution in [1.29, 1.82) is 0 Å². The van der Waals surface area contributed by atoms with Gasteiger partial charge in [-0.1, -0.05) is 18.2 Å². The second-order valence-electron chi connectivity index (χ2n) is 6.79. The molecule has 3 atom stereocenters. The minimum Gasteiger partial charge on any atom is -0.348 e. The molecule has 0 aromatic heterocycles. The van der Waals surface area contributed by atoms with E-state index in [4.69, 9.17) is 0 Å². The number of carbonyl (C=O) groups excluding carboxylic acids is 2. The van der Waals surface area contributed by atoms with Gasteiger partial charge in [-0.15, -0.1) is 0 Å². The Bertz CT molecular complexity index is 817. The second-order valence-corrected chi connectivity index (χ2v) is 6.79. The fourth-order valence-electron chi connectivity index (χ4n) is 3.96. The number of carbonyl (C=O) groups is 2. The van der Waals surface area contributed by atoms with Crippen molar-refractivity contribution in [3.8, 4) is 0 Å². The van der Waals surface area contributed by atoms with Gasteiger partial charge in [-0.2, -0.15) is 0 Å². The highest BCUT2D eigenvalue weighted by Crippen LogP contribution is 2.29. The van der Waals surface area contributed by atoms with Gasteiger partial charge >= 0.3 is 0 Å². The zero-order valence-electron chi connectivity index (χ0n) is 13.6. The van der Waals surface area contributed by atoms with Gasteiger partial charge in [0.25, 0.3) is 5.91 Å². The Labute approximate surface area is 140 Å². The Morgan fingerprint density at radius 1 is 1.17 bits per heavy atom. The summed E-state index contributed by atoms with van der Waals surface area (Å²) >= 11 is 0. The van der Waals surface area contributed by atoms with Crippen molar-refractivity contribution in [2.45, 2.75) is 44.3 Å². The molecule has 3 unspecified atom stereocenters. The van der Waals surface area contributed by atoms with Crippen molar-refractivity contribution < 1.29 is 9.59 Å². The lowest BCUT2D eigenvalue weighted by Gasteiger charge is -2.21. The van der Waals surface area contributed by atoms with Crippen LogP contribution in [-0.2, 0) is 4.79 Å². The summed E-state index contributed by atoms with van der Waals surface area (Å²) < 4.78 is 0. The summed E-state index contributed by atoms with van der Waals surface area (Å²) in [7, 11) is 0. The summed E-state index contributed by atoms with van der Waals surface area (Å²) in [5.74, 6) is -0.130. The molecule has 0 aliphatic carbocycles. The van der Waals surface area contributed by atoms with E-state index in [-0.39, 0.29) is 17.9 Å². The van der Waals surface area contributed by atoms with E-state index in [1.165, 1.54) is 13.3 Å². The first kappa shape index (κ1) is 15.1. The smallest absolute Gasteiger partial charge is 0.251 e. The van der Waals surface area contributed by atoms with E-state index in [1.807, 2.05) is 36.4 Å². The number of hydrogen-bond donors (Lipinski definition) is 3. The van der Waals surface area contributed by atoms with Gasteiger partial charge in [0.2, 0.25) is 5.91 Å². The molecule has 2 amide bonds. The van der Waals surface area contributed by atoms with Crippen molar-refractivity contribution >= 4 is 28.3 Å². The van der Waals surface area contributed by atoms with Crippen LogP contribution >= 0.6 is 0 Å². The third kappa shape index (κ3) is 2.76. The molecule has 5 heteroatoms. The normalized spacial score (nSPS) is 25.0. The summed E-state index contributed by atoms with van der Waals surface area (Å²) in [5.41, 5.74) is 1.43. The Hall–Kier alpha value is -2.40. The van der Waals surface area contributed by atoms with Gasteiger partial charge in [0.1, 0.15) is 0 Å². The molecule has 4 rings (SSSR count). The number of hydrogen-bond acceptors (Lipinski definition) is 3. The Balaban J connectivity index is 1.56. The average molecular weight is 323 g/mol. The van der Waals surface area contributed by atoms with E-state index >= 15 is 0 Å². The maximum absolute atomic E-state index is 12.6. The summed E-state index contributed by atoms with van der Waals surface area (Å²) in [5, 5.41) is 11.4. The fraction of sp³-hybridized carbons (Fsp3) is 0.368. The molecule has 0 radical (unpaired) electrons. The predicted molar refractivity (Wildman–Crippen MR) is 94.1 cm³/mol. The first-order valence-corrected chi connectivity index (χ1v) is 8.47. The predicted octanol–water partition coefficient (Wildman–Crippen LogP) is 2.42. The highest BCUT2D eigenvalue weighted by atomic mass is 16.2. The molecule has 5 nitrogen and oxygen atoms in total. The molecule has 2 aromatic carbocycles. The maximum Gasteiger partial charge on any atom is 0.251 e. The van der Waals surface area contributed by atoms with Gasteiger partial charge in [-0.25, -0.2) is 0 Å². The van der Waals surface area contributed by atoms with Crippen molar-refractivity contribution in [1.82, 2.24) is 10.6 Å². The quantitative estimate of drug-likeness (QED) is 0.812. The van der Waals surface area contributed by atoms with Crippen LogP contribution in [0.3, 0.4) is 0 Å². The van der Waals surface area contributed by atoms with E-state index in [1.54, 1.807) is 0 Å². The molecule has 2 aromatic rings. The first-order valence-electron chi connectivity index (χ1n) is 8.47. The highest BCUT2D eigenvalue weighted by Gasteiger charge is 2.39. The van der Waals surface area contributed by atoms with Crippen LogP contribution in [0.2, 0.25) is 0 Å². The molecular formula is C19H21N3O2. The SMILES string of the molecule is CC(=O)Nc1cccc2cc(C(=O)NC3CC4CCC3N4)ccc12. The summed E-state index contributed by atoms with van der Waals surface area (Å²) in [4.78, 5) is 23.9. The minimum atomic E-state index is -0.104. The second kappa shape index (κ2) is 5.91. The molecule has 2 saturated heterocycles. The van der Waals surface area contributed by atoms with Gasteiger partial charge in [-0.05, 0) is 42.8 Å². The molecule has 2 heterocycles. The zero-order valence-corrected chi connectivity index (χ0v) is 13.6. The van der Waals surface area contributed by atoms with Crippen LogP contribution in [0.1, 0.15) is 36.5 Å². The molecule has 2 aliphatic heterocycles. The average Bonchev–Trinajstić information content (AvgIpc) is 3.17. The van der Waals surface area contributed by atoms with E-state index in [0.717, 1.165) is 29.3 Å². The molecule has 124 valence electrons. The van der Waals surface area contributed by atoms with Crippen LogP contribution in [0.4, 0.5) is 5.69 Å². The summed E-state index contributed by atoms with van der Waals surface area (Å²) in [6, 6.07) is 12.5. The van der Waals surface area contributed by atoms with Crippen LogP contribution in [0.15, 0.2) is 36.4 Å². The van der Waals surface area contributed by atoms with Gasteiger partial charge in [0.15, 0.2) is 0 Å². The Morgan fingerprint density at radius 2 is 2.04 bits per heavy atom. The molecule has 2 aliphatic rings. The van der Waals surface area contributed by atoms with Crippen LogP contribution < -0.4 is 16.0 Å². The van der Waals surface area contributed by atoms with E-state index in [2.05, 4.69) is 16.0 Å². The largest absolute Gasteiger partial charge is 0.348 e. The molecule has 2 bridgehead atoms. The monoisotopic (exact) mass is 323 g/mol. The van der Waals surface area contributed by atoms with E-state index < -0.39 is 0 Å². The number of nitrogens with one attached hydrogen (secondary N) is 3. The van der Waals surface area contributed by atoms with Crippen molar-refractivity contribution in [3.05, 3.63) is 42.0 Å². The third-order valence-electron chi connectivity index (χ3n) is 5.07. The zero-order chi connectivity index (χ0) is 16.7. The lowest BCUT2D eigenvalue weighted by Crippen LogP contribution is -2.42. The highest BCUT2D eigenvalue weighted by molar-refractivity contribution is 6.04. The van der Waals surface area contributed by atoms with E-state index in [9.17, 15) is 9.59 Å². The Kier molecular flexibility index (Phi) is 3.73. The maximum atomic E-state index is 12.6. The van der Waals surface area contributed by atoms with Crippen LogP contribution in [0, 0.1) is 0 Å². The molecule has 0 spiro atoms. The summed E-state index contributed by atoms with van der Waals surface area (Å²) in [6.07, 6.45) is 3.39. The topological polar surface area (TPSA) is 70.2 Å². The van der Waals surface area contributed by atoms with Gasteiger partial charge < -0.3 is 16.0 Å². The van der Waals surface area contributed by atoms with Crippen LogP contribution in [0.5, 0.6) is 0 Å². The summed E-state index contributed by atoms with van der Waals surface area (Å²) in [6.45, 7) is 1.49. The molecule has 2 fully saturated rings. The molecule has 0 saturated carbocycles. The van der Waals surface area contributed by atoms with Crippen molar-refractivity contribution in [3.63, 3.8) is 0 Å². The molecule has 24 heavy (non-hydrogen) atoms. The van der Waals surface area contributed by atoms with Gasteiger partial charge in [-0.3, -0.25) is 9.59 Å². The number of rotatable bonds is 3. The minimum absolute atomic E-state index is 0.0267. The number of anilines is 1. The lowest BCUT2D eigenvalue weighted by atomic mass is 9.95. The van der Waals surface area contributed by atoms with Crippen molar-refractivity contribution in [2.24, 2.45) is 0 Å². The Morgan fingerprint density at radius 3 is 2.75 bits per heavy atom. The standard InChI is InChI=1S/C19H21N3O2/c1-11(23)20-16-4-2-3-12-9-13(5-7-15(12)16)19(24)22-18-10-14-6-8-17(18)21-14/h2-5,7,9,14,17-18,21H,6,8,10H2,1H3,(H,20,23)(H,22,24). The number of amides is 2. The van der Waals surface area contributed by atoms with Crippen LogP contribution in [0.25, 0.3) is 10.8 Å². The number of benzene rings is 2. The first-order chi connectivity index (χ1) is 11.6. The van der Waals surface area contributed by atoms with Crippen molar-refractivity contribution in [2.75, 3.05) is 5.32 Å². The van der Waals surface area contributed by atoms with E-state index in [0.29, 0.717) is 17.6 Å². The van der Waals surface area contributed by atoms with Gasteiger partial charge in [0, 0.05) is 41.7 Å².